The average molecular weight is 235 g/mol. The van der Waals surface area contributed by atoms with E-state index in [-0.39, 0.29) is 6.61 Å². The molecule has 0 aliphatic rings. The lowest BCUT2D eigenvalue weighted by Gasteiger charge is -2.13. The number of nitrogens with zero attached hydrogens (tertiary/aromatic N) is 1. The van der Waals surface area contributed by atoms with Crippen molar-refractivity contribution in [1.82, 2.24) is 14.8 Å². The van der Waals surface area contributed by atoms with E-state index >= 15 is 0 Å². The molecule has 0 saturated carbocycles. The van der Waals surface area contributed by atoms with Crippen LogP contribution in [0.3, 0.4) is 0 Å². The predicted molar refractivity (Wildman–Crippen MR) is 61.9 cm³/mol. The van der Waals surface area contributed by atoms with E-state index in [4.69, 9.17) is 0 Å². The maximum Gasteiger partial charge on any atom is 0.344 e. The lowest BCUT2D eigenvalue weighted by molar-refractivity contribution is 0.222. The number of aromatic nitrogens is 3. The Morgan fingerprint density at radius 2 is 1.71 bits per heavy atom. The van der Waals surface area contributed by atoms with Gasteiger partial charge < -0.3 is 5.11 Å². The van der Waals surface area contributed by atoms with Gasteiger partial charge in [0.15, 0.2) is 0 Å². The van der Waals surface area contributed by atoms with Gasteiger partial charge in [-0.25, -0.2) is 24.4 Å². The van der Waals surface area contributed by atoms with Gasteiger partial charge in [-0.3, -0.25) is 0 Å². The molecule has 1 heterocycles. The largest absolute Gasteiger partial charge is 0.394 e. The molecule has 3 N–H and O–H groups in total. The van der Waals surface area contributed by atoms with Gasteiger partial charge in [-0.2, -0.15) is 0 Å². The molecule has 0 aliphatic carbocycles. The van der Waals surface area contributed by atoms with Crippen LogP contribution < -0.4 is 11.4 Å². The van der Waals surface area contributed by atoms with Gasteiger partial charge in [0.2, 0.25) is 0 Å². The second kappa shape index (κ2) is 4.84. The Balaban J connectivity index is 2.30. The summed E-state index contributed by atoms with van der Waals surface area (Å²) in [5.74, 6) is 0. The van der Waals surface area contributed by atoms with Crippen molar-refractivity contribution in [3.63, 3.8) is 0 Å². The smallest absolute Gasteiger partial charge is 0.344 e. The Labute approximate surface area is 96.5 Å². The molecule has 1 unspecified atom stereocenters. The molecule has 0 radical (unpaired) electrons. The fourth-order valence-electron chi connectivity index (χ4n) is 1.77. The highest BCUT2D eigenvalue weighted by Crippen LogP contribution is 2.10. The van der Waals surface area contributed by atoms with Crippen molar-refractivity contribution in [2.24, 2.45) is 0 Å². The molecule has 1 atom stereocenters. The number of nitrogens with one attached hydrogen (secondary N) is 2. The van der Waals surface area contributed by atoms with E-state index in [1.807, 2.05) is 30.3 Å². The van der Waals surface area contributed by atoms with Crippen molar-refractivity contribution in [2.75, 3.05) is 6.61 Å². The molecule has 1 aromatic heterocycles. The highest BCUT2D eigenvalue weighted by atomic mass is 16.3. The van der Waals surface area contributed by atoms with Crippen LogP contribution in [-0.2, 0) is 6.42 Å². The molecular weight excluding hydrogens is 222 g/mol. The number of aliphatic hydroxyl groups excluding tert-OH is 1. The molecule has 90 valence electrons. The number of aromatic amines is 2. The zero-order valence-electron chi connectivity index (χ0n) is 9.09. The maximum absolute atomic E-state index is 11.4. The maximum atomic E-state index is 11.4. The Morgan fingerprint density at radius 3 is 2.24 bits per heavy atom. The minimum atomic E-state index is -0.556. The fourth-order valence-corrected chi connectivity index (χ4v) is 1.77. The van der Waals surface area contributed by atoms with Crippen molar-refractivity contribution in [1.29, 1.82) is 0 Å². The Kier molecular flexibility index (Phi) is 3.24. The summed E-state index contributed by atoms with van der Waals surface area (Å²) in [6, 6.07) is 8.83. The fraction of sp³-hybridized carbons (Fsp3) is 0.273. The molecule has 0 spiro atoms. The van der Waals surface area contributed by atoms with Crippen molar-refractivity contribution in [2.45, 2.75) is 12.5 Å². The molecule has 2 rings (SSSR count). The Bertz CT molecular complexity index is 554. The molecule has 17 heavy (non-hydrogen) atoms. The molecule has 2 aromatic rings. The van der Waals surface area contributed by atoms with E-state index in [2.05, 4.69) is 10.2 Å². The summed E-state index contributed by atoms with van der Waals surface area (Å²) in [6.45, 7) is -0.268. The highest BCUT2D eigenvalue weighted by molar-refractivity contribution is 5.15. The molecule has 6 nitrogen and oxygen atoms in total. The lowest BCUT2D eigenvalue weighted by atomic mass is 10.1. The quantitative estimate of drug-likeness (QED) is 0.676. The van der Waals surface area contributed by atoms with E-state index in [0.717, 1.165) is 10.1 Å². The molecule has 0 aliphatic heterocycles. The van der Waals surface area contributed by atoms with Crippen LogP contribution in [0.4, 0.5) is 0 Å². The van der Waals surface area contributed by atoms with Crippen LogP contribution >= 0.6 is 0 Å². The van der Waals surface area contributed by atoms with Crippen LogP contribution in [0.25, 0.3) is 0 Å². The summed E-state index contributed by atoms with van der Waals surface area (Å²) >= 11 is 0. The van der Waals surface area contributed by atoms with Gasteiger partial charge in [-0.1, -0.05) is 30.3 Å². The van der Waals surface area contributed by atoms with E-state index < -0.39 is 17.4 Å². The van der Waals surface area contributed by atoms with Gasteiger partial charge in [0.25, 0.3) is 0 Å². The first-order valence-corrected chi connectivity index (χ1v) is 5.26. The summed E-state index contributed by atoms with van der Waals surface area (Å²) in [7, 11) is 0. The number of rotatable bonds is 4. The van der Waals surface area contributed by atoms with Crippen LogP contribution in [0, 0.1) is 0 Å². The SMILES string of the molecule is O=c1[nH][nH]c(=O)n1C(CO)Cc1ccccc1. The molecule has 0 saturated heterocycles. The Morgan fingerprint density at radius 1 is 1.12 bits per heavy atom. The van der Waals surface area contributed by atoms with Crippen LogP contribution in [0.15, 0.2) is 39.9 Å². The number of benzene rings is 1. The molecular formula is C11H13N3O3. The first kappa shape index (κ1) is 11.4. The van der Waals surface area contributed by atoms with Gasteiger partial charge in [0, 0.05) is 0 Å². The number of hydrogen-bond donors (Lipinski definition) is 3. The molecule has 1 aromatic carbocycles. The summed E-state index contributed by atoms with van der Waals surface area (Å²) in [5.41, 5.74) is -0.117. The van der Waals surface area contributed by atoms with Gasteiger partial charge in [0.05, 0.1) is 12.6 Å². The van der Waals surface area contributed by atoms with Gasteiger partial charge in [-0.15, -0.1) is 0 Å². The minimum absolute atomic E-state index is 0.268. The standard InChI is InChI=1S/C11H13N3O3/c15-7-9(6-8-4-2-1-3-5-8)14-10(16)12-13-11(14)17/h1-5,9,15H,6-7H2,(H,12,16)(H,13,17). The molecule has 6 heteroatoms. The minimum Gasteiger partial charge on any atom is -0.394 e. The summed E-state index contributed by atoms with van der Waals surface area (Å²) in [5, 5.41) is 13.7. The first-order chi connectivity index (χ1) is 8.22. The second-order valence-electron chi connectivity index (χ2n) is 3.76. The summed E-state index contributed by atoms with van der Waals surface area (Å²) in [6.07, 6.45) is 0.429. The second-order valence-corrected chi connectivity index (χ2v) is 3.76. The molecule has 0 fully saturated rings. The topological polar surface area (TPSA) is 90.9 Å². The van der Waals surface area contributed by atoms with Crippen molar-refractivity contribution < 1.29 is 5.11 Å². The number of hydrogen-bond acceptors (Lipinski definition) is 3. The van der Waals surface area contributed by atoms with Crippen molar-refractivity contribution in [3.05, 3.63) is 56.9 Å². The van der Waals surface area contributed by atoms with E-state index in [1.54, 1.807) is 0 Å². The average Bonchev–Trinajstić information content (AvgIpc) is 2.68. The zero-order chi connectivity index (χ0) is 12.3. The normalized spacial score (nSPS) is 12.5. The van der Waals surface area contributed by atoms with Crippen LogP contribution in [0.2, 0.25) is 0 Å². The summed E-state index contributed by atoms with van der Waals surface area (Å²) in [4.78, 5) is 22.8. The van der Waals surface area contributed by atoms with Gasteiger partial charge in [0.1, 0.15) is 0 Å². The first-order valence-electron chi connectivity index (χ1n) is 5.26. The van der Waals surface area contributed by atoms with Crippen molar-refractivity contribution >= 4 is 0 Å². The van der Waals surface area contributed by atoms with Gasteiger partial charge in [-0.05, 0) is 12.0 Å². The van der Waals surface area contributed by atoms with Crippen LogP contribution in [0.5, 0.6) is 0 Å². The van der Waals surface area contributed by atoms with E-state index in [9.17, 15) is 14.7 Å². The number of H-pyrrole nitrogens is 2. The third-order valence-electron chi connectivity index (χ3n) is 2.60. The van der Waals surface area contributed by atoms with Crippen LogP contribution in [-0.4, -0.2) is 26.5 Å². The zero-order valence-corrected chi connectivity index (χ0v) is 9.09. The Hall–Kier alpha value is -2.08. The van der Waals surface area contributed by atoms with E-state index in [1.165, 1.54) is 0 Å². The third-order valence-corrected chi connectivity index (χ3v) is 2.60. The predicted octanol–water partition coefficient (Wildman–Crippen LogP) is -0.359. The molecule has 0 amide bonds. The van der Waals surface area contributed by atoms with Crippen molar-refractivity contribution in [3.8, 4) is 0 Å². The summed E-state index contributed by atoms with van der Waals surface area (Å²) < 4.78 is 0.993. The third kappa shape index (κ3) is 2.36. The highest BCUT2D eigenvalue weighted by Gasteiger charge is 2.16. The monoisotopic (exact) mass is 235 g/mol. The lowest BCUT2D eigenvalue weighted by Crippen LogP contribution is -2.34. The van der Waals surface area contributed by atoms with Gasteiger partial charge >= 0.3 is 11.4 Å². The number of aliphatic hydroxyl groups is 1. The van der Waals surface area contributed by atoms with E-state index in [0.29, 0.717) is 6.42 Å². The molecule has 0 bridgehead atoms. The van der Waals surface area contributed by atoms with Crippen LogP contribution in [0.1, 0.15) is 11.6 Å².